The zero-order chi connectivity index (χ0) is 13.2. The number of rotatable bonds is 3. The van der Waals surface area contributed by atoms with Crippen molar-refractivity contribution in [3.05, 3.63) is 35.1 Å². The van der Waals surface area contributed by atoms with Gasteiger partial charge in [-0.2, -0.15) is 13.2 Å². The molecule has 1 atom stereocenters. The van der Waals surface area contributed by atoms with Crippen LogP contribution in [-0.2, 0) is 6.18 Å². The third-order valence-corrected chi connectivity index (χ3v) is 2.57. The number of carbonyl (C=O) groups is 1. The molecule has 0 bridgehead atoms. The number of ketones is 1. The SMILES string of the molecule is CCC(C)C(=O)c1cc(F)cc(C(F)(F)F)c1. The Balaban J connectivity index is 3.19. The minimum absolute atomic E-state index is 0.230. The van der Waals surface area contributed by atoms with Crippen LogP contribution in [0, 0.1) is 11.7 Å². The van der Waals surface area contributed by atoms with Gasteiger partial charge >= 0.3 is 6.18 Å². The van der Waals surface area contributed by atoms with E-state index in [0.29, 0.717) is 18.6 Å². The number of carbonyl (C=O) groups excluding carboxylic acids is 1. The van der Waals surface area contributed by atoms with E-state index in [4.69, 9.17) is 0 Å². The summed E-state index contributed by atoms with van der Waals surface area (Å²) in [7, 11) is 0. The molecule has 17 heavy (non-hydrogen) atoms. The van der Waals surface area contributed by atoms with Crippen molar-refractivity contribution < 1.29 is 22.4 Å². The van der Waals surface area contributed by atoms with Crippen LogP contribution in [0.15, 0.2) is 18.2 Å². The molecule has 0 aromatic heterocycles. The first-order valence-electron chi connectivity index (χ1n) is 5.17. The summed E-state index contributed by atoms with van der Waals surface area (Å²) < 4.78 is 50.3. The zero-order valence-electron chi connectivity index (χ0n) is 9.44. The molecule has 0 saturated carbocycles. The molecule has 0 saturated heterocycles. The lowest BCUT2D eigenvalue weighted by molar-refractivity contribution is -0.137. The van der Waals surface area contributed by atoms with Crippen LogP contribution in [0.3, 0.4) is 0 Å². The Kier molecular flexibility index (Phi) is 3.91. The highest BCUT2D eigenvalue weighted by Crippen LogP contribution is 2.31. The monoisotopic (exact) mass is 248 g/mol. The fourth-order valence-corrected chi connectivity index (χ4v) is 1.37. The van der Waals surface area contributed by atoms with E-state index in [1.165, 1.54) is 0 Å². The van der Waals surface area contributed by atoms with Crippen molar-refractivity contribution in [1.29, 1.82) is 0 Å². The van der Waals surface area contributed by atoms with Gasteiger partial charge in [-0.25, -0.2) is 4.39 Å². The molecule has 0 spiro atoms. The molecule has 0 aliphatic rings. The van der Waals surface area contributed by atoms with Crippen LogP contribution >= 0.6 is 0 Å². The maximum atomic E-state index is 13.0. The molecule has 0 aliphatic carbocycles. The summed E-state index contributed by atoms with van der Waals surface area (Å²) >= 11 is 0. The van der Waals surface area contributed by atoms with Gasteiger partial charge in [0.15, 0.2) is 5.78 Å². The second-order valence-electron chi connectivity index (χ2n) is 3.90. The van der Waals surface area contributed by atoms with Gasteiger partial charge in [0.2, 0.25) is 0 Å². The average molecular weight is 248 g/mol. The molecule has 1 aromatic rings. The smallest absolute Gasteiger partial charge is 0.294 e. The Bertz CT molecular complexity index is 423. The molecule has 1 rings (SSSR count). The van der Waals surface area contributed by atoms with Crippen LogP contribution in [0.1, 0.15) is 36.2 Å². The molecule has 1 unspecified atom stereocenters. The van der Waals surface area contributed by atoms with Gasteiger partial charge in [-0.05, 0) is 24.6 Å². The lowest BCUT2D eigenvalue weighted by atomic mass is 9.96. The van der Waals surface area contributed by atoms with E-state index in [2.05, 4.69) is 0 Å². The van der Waals surface area contributed by atoms with Gasteiger partial charge in [-0.3, -0.25) is 4.79 Å². The van der Waals surface area contributed by atoms with Crippen LogP contribution < -0.4 is 0 Å². The van der Waals surface area contributed by atoms with Gasteiger partial charge in [0.25, 0.3) is 0 Å². The van der Waals surface area contributed by atoms with Gasteiger partial charge < -0.3 is 0 Å². The maximum absolute atomic E-state index is 13.0. The predicted octanol–water partition coefficient (Wildman–Crippen LogP) is 4.07. The molecule has 94 valence electrons. The molecule has 0 heterocycles. The Labute approximate surface area is 96.4 Å². The van der Waals surface area contributed by atoms with E-state index in [1.807, 2.05) is 0 Å². The van der Waals surface area contributed by atoms with E-state index in [-0.39, 0.29) is 5.56 Å². The third-order valence-electron chi connectivity index (χ3n) is 2.57. The predicted molar refractivity (Wildman–Crippen MR) is 55.2 cm³/mol. The summed E-state index contributed by atoms with van der Waals surface area (Å²) in [6.45, 7) is 3.34. The Morgan fingerprint density at radius 3 is 2.35 bits per heavy atom. The van der Waals surface area contributed by atoms with Gasteiger partial charge in [-0.15, -0.1) is 0 Å². The van der Waals surface area contributed by atoms with Crippen molar-refractivity contribution in [3.63, 3.8) is 0 Å². The highest BCUT2D eigenvalue weighted by Gasteiger charge is 2.32. The first-order chi connectivity index (χ1) is 7.75. The maximum Gasteiger partial charge on any atom is 0.416 e. The molecule has 1 nitrogen and oxygen atoms in total. The molecular formula is C12H12F4O. The normalized spacial score (nSPS) is 13.5. The summed E-state index contributed by atoms with van der Waals surface area (Å²) in [5, 5.41) is 0. The molecule has 0 fully saturated rings. The summed E-state index contributed by atoms with van der Waals surface area (Å²) in [6, 6.07) is 1.91. The summed E-state index contributed by atoms with van der Waals surface area (Å²) in [6.07, 6.45) is -4.15. The molecule has 0 amide bonds. The van der Waals surface area contributed by atoms with E-state index >= 15 is 0 Å². The quantitative estimate of drug-likeness (QED) is 0.582. The van der Waals surface area contributed by atoms with Crippen LogP contribution in [-0.4, -0.2) is 5.78 Å². The number of hydrogen-bond acceptors (Lipinski definition) is 1. The van der Waals surface area contributed by atoms with Crippen LogP contribution in [0.2, 0.25) is 0 Å². The molecule has 1 aromatic carbocycles. The van der Waals surface area contributed by atoms with Crippen LogP contribution in [0.25, 0.3) is 0 Å². The van der Waals surface area contributed by atoms with Crippen molar-refractivity contribution in [3.8, 4) is 0 Å². The molecule has 0 N–H and O–H groups in total. The topological polar surface area (TPSA) is 17.1 Å². The lowest BCUT2D eigenvalue weighted by Gasteiger charge is -2.11. The largest absolute Gasteiger partial charge is 0.416 e. The lowest BCUT2D eigenvalue weighted by Crippen LogP contribution is -2.13. The summed E-state index contributed by atoms with van der Waals surface area (Å²) in [4.78, 5) is 11.7. The minimum Gasteiger partial charge on any atom is -0.294 e. The number of benzene rings is 1. The fraction of sp³-hybridized carbons (Fsp3) is 0.417. The highest BCUT2D eigenvalue weighted by molar-refractivity contribution is 5.97. The van der Waals surface area contributed by atoms with Gasteiger partial charge in [0, 0.05) is 11.5 Å². The van der Waals surface area contributed by atoms with Crippen LogP contribution in [0.5, 0.6) is 0 Å². The zero-order valence-corrected chi connectivity index (χ0v) is 9.44. The van der Waals surface area contributed by atoms with E-state index in [1.54, 1.807) is 13.8 Å². The van der Waals surface area contributed by atoms with Gasteiger partial charge in [0.05, 0.1) is 5.56 Å². The second-order valence-corrected chi connectivity index (χ2v) is 3.90. The fourth-order valence-electron chi connectivity index (χ4n) is 1.37. The van der Waals surface area contributed by atoms with Crippen molar-refractivity contribution in [2.24, 2.45) is 5.92 Å². The van der Waals surface area contributed by atoms with E-state index in [9.17, 15) is 22.4 Å². The molecule has 0 aliphatic heterocycles. The van der Waals surface area contributed by atoms with E-state index < -0.39 is 29.3 Å². The first kappa shape index (κ1) is 13.7. The summed E-state index contributed by atoms with van der Waals surface area (Å²) in [5.41, 5.74) is -1.36. The Hall–Kier alpha value is -1.39. The Morgan fingerprint density at radius 1 is 1.29 bits per heavy atom. The van der Waals surface area contributed by atoms with Crippen molar-refractivity contribution in [2.45, 2.75) is 26.4 Å². The van der Waals surface area contributed by atoms with Gasteiger partial charge in [-0.1, -0.05) is 13.8 Å². The number of halogens is 4. The minimum atomic E-state index is -4.65. The van der Waals surface area contributed by atoms with Gasteiger partial charge in [0.1, 0.15) is 5.82 Å². The highest BCUT2D eigenvalue weighted by atomic mass is 19.4. The van der Waals surface area contributed by atoms with Crippen molar-refractivity contribution in [2.75, 3.05) is 0 Å². The van der Waals surface area contributed by atoms with E-state index in [0.717, 1.165) is 6.07 Å². The second kappa shape index (κ2) is 4.85. The number of hydrogen-bond donors (Lipinski definition) is 0. The molecule has 5 heteroatoms. The van der Waals surface area contributed by atoms with Crippen molar-refractivity contribution >= 4 is 5.78 Å². The average Bonchev–Trinajstić information content (AvgIpc) is 2.25. The number of Topliss-reactive ketones (excluding diaryl/α,β-unsaturated/α-hetero) is 1. The van der Waals surface area contributed by atoms with Crippen molar-refractivity contribution in [1.82, 2.24) is 0 Å². The Morgan fingerprint density at radius 2 is 1.88 bits per heavy atom. The summed E-state index contributed by atoms with van der Waals surface area (Å²) in [5.74, 6) is -1.94. The van der Waals surface area contributed by atoms with Crippen LogP contribution in [0.4, 0.5) is 17.6 Å². The molecule has 0 radical (unpaired) electrons. The molecular weight excluding hydrogens is 236 g/mol. The standard InChI is InChI=1S/C12H12F4O/c1-3-7(2)11(17)8-4-9(12(14,15)16)6-10(13)5-8/h4-7H,3H2,1-2H3. The first-order valence-corrected chi connectivity index (χ1v) is 5.17. The third kappa shape index (κ3) is 3.28. The number of alkyl halides is 3.